The molecule has 0 radical (unpaired) electrons. The number of carbonyl (C=O) groups is 1. The zero-order valence-corrected chi connectivity index (χ0v) is 11.6. The van der Waals surface area contributed by atoms with Crippen molar-refractivity contribution < 1.29 is 4.79 Å². The van der Waals surface area contributed by atoms with Gasteiger partial charge in [-0.25, -0.2) is 0 Å². The Hall–Kier alpha value is -0.610. The van der Waals surface area contributed by atoms with Crippen LogP contribution in [0.5, 0.6) is 0 Å². The van der Waals surface area contributed by atoms with Crippen LogP contribution in [0.3, 0.4) is 0 Å². The van der Waals surface area contributed by atoms with Crippen molar-refractivity contribution in [3.8, 4) is 0 Å². The van der Waals surface area contributed by atoms with Gasteiger partial charge >= 0.3 is 0 Å². The smallest absolute Gasteiger partial charge is 0.237 e. The van der Waals surface area contributed by atoms with E-state index >= 15 is 0 Å². The molecule has 0 bridgehead atoms. The summed E-state index contributed by atoms with van der Waals surface area (Å²) in [7, 11) is 0. The van der Waals surface area contributed by atoms with Gasteiger partial charge in [0.05, 0.1) is 0 Å². The Morgan fingerprint density at radius 2 is 2.22 bits per heavy atom. The largest absolute Gasteiger partial charge is 0.368 e. The first-order chi connectivity index (χ1) is 8.69. The van der Waals surface area contributed by atoms with Gasteiger partial charge in [0.25, 0.3) is 0 Å². The zero-order valence-electron chi connectivity index (χ0n) is 11.6. The van der Waals surface area contributed by atoms with E-state index < -0.39 is 0 Å². The van der Waals surface area contributed by atoms with Gasteiger partial charge in [0.1, 0.15) is 5.54 Å². The average molecular weight is 253 g/mol. The van der Waals surface area contributed by atoms with Crippen LogP contribution in [0, 0.1) is 5.92 Å². The molecule has 2 fully saturated rings. The Kier molecular flexibility index (Phi) is 4.62. The Bertz CT molecular complexity index is 287. The molecule has 104 valence electrons. The molecular weight excluding hydrogens is 226 g/mol. The lowest BCUT2D eigenvalue weighted by molar-refractivity contribution is -0.134. The number of hydrogen-bond acceptors (Lipinski definition) is 3. The second-order valence-corrected chi connectivity index (χ2v) is 5.86. The van der Waals surface area contributed by atoms with Crippen LogP contribution < -0.4 is 11.1 Å². The van der Waals surface area contributed by atoms with Crippen LogP contribution in [-0.2, 0) is 4.79 Å². The number of carbonyl (C=O) groups excluding carboxylic acids is 1. The zero-order chi connectivity index (χ0) is 13.0. The second kappa shape index (κ2) is 6.02. The molecule has 1 saturated carbocycles. The molecule has 1 aliphatic carbocycles. The van der Waals surface area contributed by atoms with E-state index in [0.29, 0.717) is 5.92 Å². The molecule has 0 spiro atoms. The molecule has 2 aliphatic rings. The lowest BCUT2D eigenvalue weighted by Gasteiger charge is -2.46. The number of nitrogens with one attached hydrogen (secondary N) is 1. The van der Waals surface area contributed by atoms with E-state index in [2.05, 4.69) is 17.1 Å². The molecule has 1 heterocycles. The van der Waals surface area contributed by atoms with Crippen LogP contribution in [-0.4, -0.2) is 42.5 Å². The summed E-state index contributed by atoms with van der Waals surface area (Å²) in [6, 6.07) is 0. The van der Waals surface area contributed by atoms with Gasteiger partial charge in [-0.05, 0) is 31.7 Å². The monoisotopic (exact) mass is 253 g/mol. The summed E-state index contributed by atoms with van der Waals surface area (Å²) in [5.41, 5.74) is 5.44. The summed E-state index contributed by atoms with van der Waals surface area (Å²) in [6.45, 7) is 6.23. The van der Waals surface area contributed by atoms with Gasteiger partial charge in [0.15, 0.2) is 0 Å². The fourth-order valence-corrected chi connectivity index (χ4v) is 3.65. The van der Waals surface area contributed by atoms with Gasteiger partial charge in [-0.3, -0.25) is 9.69 Å². The molecule has 2 rings (SSSR count). The van der Waals surface area contributed by atoms with Crippen molar-refractivity contribution in [1.29, 1.82) is 0 Å². The predicted octanol–water partition coefficient (Wildman–Crippen LogP) is 1.11. The van der Waals surface area contributed by atoms with E-state index in [0.717, 1.165) is 51.9 Å². The molecule has 3 N–H and O–H groups in total. The number of nitrogens with two attached hydrogens (primary N) is 1. The first-order valence-corrected chi connectivity index (χ1v) is 7.44. The summed E-state index contributed by atoms with van der Waals surface area (Å²) in [5.74, 6) is 0.574. The number of hydrogen-bond donors (Lipinski definition) is 2. The minimum Gasteiger partial charge on any atom is -0.368 e. The first-order valence-electron chi connectivity index (χ1n) is 7.44. The van der Waals surface area contributed by atoms with Crippen molar-refractivity contribution in [1.82, 2.24) is 10.2 Å². The second-order valence-electron chi connectivity index (χ2n) is 5.86. The summed E-state index contributed by atoms with van der Waals surface area (Å²) >= 11 is 0. The summed E-state index contributed by atoms with van der Waals surface area (Å²) in [6.07, 6.45) is 6.62. The third kappa shape index (κ3) is 2.69. The van der Waals surface area contributed by atoms with Gasteiger partial charge in [0, 0.05) is 19.6 Å². The van der Waals surface area contributed by atoms with E-state index in [-0.39, 0.29) is 11.4 Å². The minimum absolute atomic E-state index is 0.0949. The van der Waals surface area contributed by atoms with E-state index in [1.54, 1.807) is 0 Å². The first kappa shape index (κ1) is 13.8. The number of primary amides is 1. The lowest BCUT2D eigenvalue weighted by atomic mass is 9.73. The van der Waals surface area contributed by atoms with Crippen LogP contribution in [0.25, 0.3) is 0 Å². The molecule has 0 aromatic heterocycles. The van der Waals surface area contributed by atoms with Gasteiger partial charge in [0.2, 0.25) is 5.91 Å². The molecule has 1 amide bonds. The number of amides is 1. The van der Waals surface area contributed by atoms with Gasteiger partial charge < -0.3 is 11.1 Å². The van der Waals surface area contributed by atoms with E-state index in [1.807, 2.05) is 0 Å². The molecule has 2 unspecified atom stereocenters. The highest BCUT2D eigenvalue weighted by Crippen LogP contribution is 2.38. The standard InChI is InChI=1S/C14H27N3O/c1-2-12-5-3-6-14(11-12,13(15)18)17-9-4-7-16-8-10-17/h12,16H,2-11H2,1H3,(H2,15,18). The average Bonchev–Trinajstić information content (AvgIpc) is 2.67. The van der Waals surface area contributed by atoms with Crippen molar-refractivity contribution in [3.05, 3.63) is 0 Å². The summed E-state index contributed by atoms with van der Waals surface area (Å²) in [4.78, 5) is 14.5. The van der Waals surface area contributed by atoms with Crippen LogP contribution in [0.2, 0.25) is 0 Å². The van der Waals surface area contributed by atoms with Crippen LogP contribution >= 0.6 is 0 Å². The maximum atomic E-state index is 12.1. The quantitative estimate of drug-likeness (QED) is 0.792. The molecule has 0 aromatic rings. The maximum absolute atomic E-state index is 12.1. The van der Waals surface area contributed by atoms with Crippen LogP contribution in [0.4, 0.5) is 0 Å². The molecule has 1 aliphatic heterocycles. The molecule has 4 nitrogen and oxygen atoms in total. The number of nitrogens with zero attached hydrogens (tertiary/aromatic N) is 1. The molecule has 0 aromatic carbocycles. The molecular formula is C14H27N3O. The van der Waals surface area contributed by atoms with Gasteiger partial charge in [-0.2, -0.15) is 0 Å². The maximum Gasteiger partial charge on any atom is 0.237 e. The lowest BCUT2D eigenvalue weighted by Crippen LogP contribution is -2.60. The fourth-order valence-electron chi connectivity index (χ4n) is 3.65. The summed E-state index contributed by atoms with van der Waals surface area (Å²) in [5, 5.41) is 3.40. The SMILES string of the molecule is CCC1CCCC(C(N)=O)(N2CCCNCC2)C1. The molecule has 4 heteroatoms. The highest BCUT2D eigenvalue weighted by molar-refractivity contribution is 5.84. The Balaban J connectivity index is 2.16. The number of rotatable bonds is 3. The van der Waals surface area contributed by atoms with Crippen LogP contribution in [0.1, 0.15) is 45.4 Å². The van der Waals surface area contributed by atoms with Crippen molar-refractivity contribution in [2.75, 3.05) is 26.2 Å². The van der Waals surface area contributed by atoms with E-state index in [4.69, 9.17) is 5.73 Å². The van der Waals surface area contributed by atoms with Crippen molar-refractivity contribution in [2.45, 2.75) is 51.0 Å². The van der Waals surface area contributed by atoms with Crippen molar-refractivity contribution in [3.63, 3.8) is 0 Å². The fraction of sp³-hybridized carbons (Fsp3) is 0.929. The molecule has 18 heavy (non-hydrogen) atoms. The predicted molar refractivity (Wildman–Crippen MR) is 73.2 cm³/mol. The topological polar surface area (TPSA) is 58.4 Å². The van der Waals surface area contributed by atoms with E-state index in [9.17, 15) is 4.79 Å². The normalized spacial score (nSPS) is 35.1. The van der Waals surface area contributed by atoms with Gasteiger partial charge in [-0.1, -0.05) is 26.2 Å². The van der Waals surface area contributed by atoms with Crippen molar-refractivity contribution in [2.24, 2.45) is 11.7 Å². The van der Waals surface area contributed by atoms with Gasteiger partial charge in [-0.15, -0.1) is 0 Å². The minimum atomic E-state index is -0.356. The van der Waals surface area contributed by atoms with Crippen LogP contribution in [0.15, 0.2) is 0 Å². The molecule has 1 saturated heterocycles. The summed E-state index contributed by atoms with van der Waals surface area (Å²) < 4.78 is 0. The van der Waals surface area contributed by atoms with Crippen molar-refractivity contribution >= 4 is 5.91 Å². The highest BCUT2D eigenvalue weighted by Gasteiger charge is 2.45. The van der Waals surface area contributed by atoms with E-state index in [1.165, 1.54) is 12.8 Å². The Morgan fingerprint density at radius 3 is 2.94 bits per heavy atom. The molecule has 2 atom stereocenters. The Morgan fingerprint density at radius 1 is 1.39 bits per heavy atom. The third-order valence-corrected chi connectivity index (χ3v) is 4.81. The third-order valence-electron chi connectivity index (χ3n) is 4.81. The Labute approximate surface area is 110 Å². The highest BCUT2D eigenvalue weighted by atomic mass is 16.1.